The van der Waals surface area contributed by atoms with E-state index in [9.17, 15) is 0 Å². The maximum Gasteiger partial charge on any atom is 0.128 e. The Kier molecular flexibility index (Phi) is 6.67. The predicted octanol–water partition coefficient (Wildman–Crippen LogP) is 2.78. The average molecular weight is 267 g/mol. The van der Waals surface area contributed by atoms with E-state index in [4.69, 9.17) is 14.2 Å². The summed E-state index contributed by atoms with van der Waals surface area (Å²) in [7, 11) is 3.60. The van der Waals surface area contributed by atoms with Gasteiger partial charge in [-0.3, -0.25) is 0 Å². The summed E-state index contributed by atoms with van der Waals surface area (Å²) in [5, 5.41) is 3.22. The van der Waals surface area contributed by atoms with E-state index in [0.29, 0.717) is 13.2 Å². The third kappa shape index (κ3) is 4.40. The Balaban J connectivity index is 2.92. The van der Waals surface area contributed by atoms with Gasteiger partial charge in [-0.25, -0.2) is 0 Å². The minimum atomic E-state index is 0.00913. The second-order valence-corrected chi connectivity index (χ2v) is 4.47. The molecule has 0 amide bonds. The molecule has 0 saturated carbocycles. The molecule has 1 aromatic carbocycles. The van der Waals surface area contributed by atoms with Gasteiger partial charge in [0, 0.05) is 12.6 Å². The number of rotatable bonds is 8. The Morgan fingerprint density at radius 2 is 1.89 bits per heavy atom. The van der Waals surface area contributed by atoms with Gasteiger partial charge in [0.05, 0.1) is 19.3 Å². The minimum absolute atomic E-state index is 0.00913. The molecule has 2 atom stereocenters. The van der Waals surface area contributed by atoms with Crippen LogP contribution >= 0.6 is 0 Å². The van der Waals surface area contributed by atoms with E-state index in [-0.39, 0.29) is 12.1 Å². The molecule has 1 rings (SSSR count). The normalized spacial score (nSPS) is 13.9. The lowest BCUT2D eigenvalue weighted by Gasteiger charge is -2.22. The van der Waals surface area contributed by atoms with Crippen molar-refractivity contribution in [3.05, 3.63) is 23.8 Å². The van der Waals surface area contributed by atoms with Gasteiger partial charge in [-0.05, 0) is 40.0 Å². The van der Waals surface area contributed by atoms with E-state index in [0.717, 1.165) is 17.1 Å². The van der Waals surface area contributed by atoms with Crippen LogP contribution in [-0.2, 0) is 4.74 Å². The zero-order chi connectivity index (χ0) is 14.3. The number of benzene rings is 1. The molecule has 0 heterocycles. The van der Waals surface area contributed by atoms with Gasteiger partial charge >= 0.3 is 0 Å². The Bertz CT molecular complexity index is 382. The number of ether oxygens (including phenoxy) is 3. The first-order chi connectivity index (χ1) is 9.13. The van der Waals surface area contributed by atoms with Crippen LogP contribution in [0.2, 0.25) is 0 Å². The molecule has 0 aliphatic carbocycles. The number of methoxy groups -OCH3 is 1. The molecule has 0 aromatic heterocycles. The van der Waals surface area contributed by atoms with Crippen LogP contribution in [0.5, 0.6) is 11.5 Å². The summed E-state index contributed by atoms with van der Waals surface area (Å²) in [4.78, 5) is 0. The fourth-order valence-corrected chi connectivity index (χ4v) is 1.91. The fourth-order valence-electron chi connectivity index (χ4n) is 1.91. The van der Waals surface area contributed by atoms with E-state index < -0.39 is 0 Å². The molecule has 0 aliphatic heterocycles. The van der Waals surface area contributed by atoms with Crippen LogP contribution in [0.15, 0.2) is 18.2 Å². The molecule has 1 aromatic rings. The summed E-state index contributed by atoms with van der Waals surface area (Å²) < 4.78 is 16.8. The van der Waals surface area contributed by atoms with Crippen LogP contribution < -0.4 is 14.8 Å². The van der Waals surface area contributed by atoms with E-state index in [2.05, 4.69) is 12.2 Å². The summed E-state index contributed by atoms with van der Waals surface area (Å²) in [6.07, 6.45) is 0.00913. The van der Waals surface area contributed by atoms with Crippen molar-refractivity contribution in [1.82, 2.24) is 5.32 Å². The molecule has 0 bridgehead atoms. The molecule has 2 unspecified atom stereocenters. The van der Waals surface area contributed by atoms with Crippen molar-refractivity contribution in [2.45, 2.75) is 32.9 Å². The van der Waals surface area contributed by atoms with E-state index in [1.807, 2.05) is 39.1 Å². The van der Waals surface area contributed by atoms with Crippen molar-refractivity contribution >= 4 is 0 Å². The van der Waals surface area contributed by atoms with Crippen LogP contribution in [-0.4, -0.2) is 33.5 Å². The van der Waals surface area contributed by atoms with Crippen molar-refractivity contribution in [2.75, 3.05) is 27.4 Å². The van der Waals surface area contributed by atoms with Gasteiger partial charge in [0.15, 0.2) is 0 Å². The van der Waals surface area contributed by atoms with Gasteiger partial charge in [0.2, 0.25) is 0 Å². The SMILES string of the molecule is CCOCC(C)Oc1cccc(OC)c1C(C)NC. The molecule has 4 heteroatoms. The summed E-state index contributed by atoms with van der Waals surface area (Å²) in [6, 6.07) is 6.01. The van der Waals surface area contributed by atoms with Gasteiger partial charge in [-0.15, -0.1) is 0 Å². The molecule has 1 N–H and O–H groups in total. The van der Waals surface area contributed by atoms with Crippen LogP contribution in [0, 0.1) is 0 Å². The third-order valence-corrected chi connectivity index (χ3v) is 3.00. The van der Waals surface area contributed by atoms with E-state index >= 15 is 0 Å². The highest BCUT2D eigenvalue weighted by Gasteiger charge is 2.17. The highest BCUT2D eigenvalue weighted by molar-refractivity contribution is 5.46. The van der Waals surface area contributed by atoms with Gasteiger partial charge in [0.25, 0.3) is 0 Å². The molecule has 108 valence electrons. The first kappa shape index (κ1) is 15.8. The van der Waals surface area contributed by atoms with Crippen molar-refractivity contribution in [3.63, 3.8) is 0 Å². The number of hydrogen-bond donors (Lipinski definition) is 1. The maximum atomic E-state index is 5.97. The zero-order valence-electron chi connectivity index (χ0n) is 12.5. The van der Waals surface area contributed by atoms with Gasteiger partial charge in [-0.1, -0.05) is 6.07 Å². The topological polar surface area (TPSA) is 39.7 Å². The maximum absolute atomic E-state index is 5.97. The van der Waals surface area contributed by atoms with E-state index in [1.54, 1.807) is 7.11 Å². The van der Waals surface area contributed by atoms with Crippen LogP contribution in [0.25, 0.3) is 0 Å². The molecular formula is C15H25NO3. The average Bonchev–Trinajstić information content (AvgIpc) is 2.43. The second-order valence-electron chi connectivity index (χ2n) is 4.47. The van der Waals surface area contributed by atoms with Crippen molar-refractivity contribution in [1.29, 1.82) is 0 Å². The smallest absolute Gasteiger partial charge is 0.128 e. The van der Waals surface area contributed by atoms with Crippen LogP contribution in [0.1, 0.15) is 32.4 Å². The molecule has 4 nitrogen and oxygen atoms in total. The van der Waals surface area contributed by atoms with E-state index in [1.165, 1.54) is 0 Å². The Morgan fingerprint density at radius 1 is 1.21 bits per heavy atom. The molecule has 0 aliphatic rings. The quantitative estimate of drug-likeness (QED) is 0.786. The van der Waals surface area contributed by atoms with Gasteiger partial charge < -0.3 is 19.5 Å². The van der Waals surface area contributed by atoms with Crippen molar-refractivity contribution < 1.29 is 14.2 Å². The third-order valence-electron chi connectivity index (χ3n) is 3.00. The van der Waals surface area contributed by atoms with Crippen LogP contribution in [0.4, 0.5) is 0 Å². The van der Waals surface area contributed by atoms with Crippen LogP contribution in [0.3, 0.4) is 0 Å². The first-order valence-electron chi connectivity index (χ1n) is 6.72. The van der Waals surface area contributed by atoms with Gasteiger partial charge in [-0.2, -0.15) is 0 Å². The molecule has 0 radical (unpaired) electrons. The Hall–Kier alpha value is -1.26. The zero-order valence-corrected chi connectivity index (χ0v) is 12.5. The lowest BCUT2D eigenvalue weighted by molar-refractivity contribution is 0.0648. The monoisotopic (exact) mass is 267 g/mol. The lowest BCUT2D eigenvalue weighted by atomic mass is 10.1. The van der Waals surface area contributed by atoms with Gasteiger partial charge in [0.1, 0.15) is 17.6 Å². The number of hydrogen-bond acceptors (Lipinski definition) is 4. The molecular weight excluding hydrogens is 242 g/mol. The molecule has 0 saturated heterocycles. The first-order valence-corrected chi connectivity index (χ1v) is 6.72. The van der Waals surface area contributed by atoms with Crippen molar-refractivity contribution in [3.8, 4) is 11.5 Å². The fraction of sp³-hybridized carbons (Fsp3) is 0.600. The lowest BCUT2D eigenvalue weighted by Crippen LogP contribution is -2.21. The predicted molar refractivity (Wildman–Crippen MR) is 77.1 cm³/mol. The summed E-state index contributed by atoms with van der Waals surface area (Å²) in [6.45, 7) is 7.35. The Labute approximate surface area is 116 Å². The van der Waals surface area contributed by atoms with Crippen molar-refractivity contribution in [2.24, 2.45) is 0 Å². The highest BCUT2D eigenvalue weighted by atomic mass is 16.5. The summed E-state index contributed by atoms with van der Waals surface area (Å²) in [5.74, 6) is 1.68. The summed E-state index contributed by atoms with van der Waals surface area (Å²) >= 11 is 0. The standard InChI is InChI=1S/C15H25NO3/c1-6-18-10-11(2)19-14-9-7-8-13(17-5)15(14)12(3)16-4/h7-9,11-12,16H,6,10H2,1-5H3. The Morgan fingerprint density at radius 3 is 2.47 bits per heavy atom. The number of nitrogens with one attached hydrogen (secondary N) is 1. The molecule has 19 heavy (non-hydrogen) atoms. The minimum Gasteiger partial charge on any atom is -0.496 e. The summed E-state index contributed by atoms with van der Waals surface area (Å²) in [5.41, 5.74) is 1.04. The largest absolute Gasteiger partial charge is 0.496 e. The molecule has 0 spiro atoms. The second kappa shape index (κ2) is 8.02. The molecule has 0 fully saturated rings. The highest BCUT2D eigenvalue weighted by Crippen LogP contribution is 2.34.